The average Bonchev–Trinajstić information content (AvgIpc) is 3.46. The molecule has 12 nitrogen and oxygen atoms in total. The van der Waals surface area contributed by atoms with Crippen molar-refractivity contribution in [2.45, 2.75) is 25.9 Å². The minimum absolute atomic E-state index is 0.106. The van der Waals surface area contributed by atoms with Crippen molar-refractivity contribution >= 4 is 17.1 Å². The van der Waals surface area contributed by atoms with Crippen molar-refractivity contribution in [1.29, 1.82) is 0 Å². The number of aromatic nitrogens is 8. The molecule has 4 aromatic rings. The maximum Gasteiger partial charge on any atom is 0.332 e. The summed E-state index contributed by atoms with van der Waals surface area (Å²) in [6.07, 6.45) is 6.99. The van der Waals surface area contributed by atoms with Crippen molar-refractivity contribution in [3.8, 4) is 5.82 Å². The van der Waals surface area contributed by atoms with Crippen molar-refractivity contribution in [2.75, 3.05) is 0 Å². The Labute approximate surface area is 175 Å². The molecule has 0 unspecified atom stereocenters. The lowest BCUT2D eigenvalue weighted by Crippen LogP contribution is -2.37. The molecule has 31 heavy (non-hydrogen) atoms. The normalized spacial score (nSPS) is 11.2. The summed E-state index contributed by atoms with van der Waals surface area (Å²) in [5.41, 5.74) is 0.720. The summed E-state index contributed by atoms with van der Waals surface area (Å²) in [6.45, 7) is 0.797. The lowest BCUT2D eigenvalue weighted by atomic mass is 10.2. The van der Waals surface area contributed by atoms with Gasteiger partial charge in [0.25, 0.3) is 5.56 Å². The second-order valence-corrected chi connectivity index (χ2v) is 7.06. The number of nitrogens with zero attached hydrogens (tertiary/aromatic N) is 8. The molecule has 0 aliphatic carbocycles. The van der Waals surface area contributed by atoms with Crippen LogP contribution >= 0.6 is 0 Å². The lowest BCUT2D eigenvalue weighted by molar-refractivity contribution is -0.121. The van der Waals surface area contributed by atoms with Gasteiger partial charge in [-0.3, -0.25) is 18.7 Å². The Morgan fingerprint density at radius 1 is 1.10 bits per heavy atom. The van der Waals surface area contributed by atoms with Crippen molar-refractivity contribution < 1.29 is 4.79 Å². The number of aryl methyl sites for hydroxylation is 2. The van der Waals surface area contributed by atoms with Crippen LogP contribution in [-0.4, -0.2) is 44.3 Å². The minimum Gasteiger partial charge on any atom is -0.352 e. The van der Waals surface area contributed by atoms with E-state index in [4.69, 9.17) is 0 Å². The van der Waals surface area contributed by atoms with E-state index in [9.17, 15) is 14.4 Å². The Kier molecular flexibility index (Phi) is 5.43. The van der Waals surface area contributed by atoms with Gasteiger partial charge in [-0.1, -0.05) is 6.07 Å². The predicted octanol–water partition coefficient (Wildman–Crippen LogP) is -0.494. The monoisotopic (exact) mass is 423 g/mol. The minimum atomic E-state index is -0.425. The smallest absolute Gasteiger partial charge is 0.332 e. The highest BCUT2D eigenvalue weighted by molar-refractivity contribution is 5.75. The molecule has 0 aliphatic heterocycles. The molecule has 0 saturated carbocycles. The third kappa shape index (κ3) is 3.99. The van der Waals surface area contributed by atoms with Gasteiger partial charge in [-0.15, -0.1) is 0 Å². The maximum absolute atomic E-state index is 12.4. The summed E-state index contributed by atoms with van der Waals surface area (Å²) in [6, 6.07) is 3.66. The molecule has 0 spiro atoms. The molecule has 0 fully saturated rings. The maximum atomic E-state index is 12.4. The highest BCUT2D eigenvalue weighted by atomic mass is 16.2. The number of hydrogen-bond donors (Lipinski definition) is 1. The first-order chi connectivity index (χ1) is 15.0. The highest BCUT2D eigenvalue weighted by Gasteiger charge is 2.14. The van der Waals surface area contributed by atoms with Gasteiger partial charge in [0.1, 0.15) is 12.7 Å². The zero-order valence-corrected chi connectivity index (χ0v) is 17.1. The molecule has 4 heterocycles. The largest absolute Gasteiger partial charge is 0.352 e. The van der Waals surface area contributed by atoms with Gasteiger partial charge in [0, 0.05) is 39.8 Å². The first-order valence-corrected chi connectivity index (χ1v) is 9.63. The number of carbonyl (C=O) groups excluding carboxylic acids is 1. The third-order valence-electron chi connectivity index (χ3n) is 4.97. The van der Waals surface area contributed by atoms with Gasteiger partial charge in [0.05, 0.1) is 6.33 Å². The van der Waals surface area contributed by atoms with E-state index in [1.165, 1.54) is 24.3 Å². The molecule has 0 bridgehead atoms. The quantitative estimate of drug-likeness (QED) is 0.424. The number of imidazole rings is 1. The van der Waals surface area contributed by atoms with Crippen LogP contribution in [0.1, 0.15) is 18.4 Å². The SMILES string of the molecule is Cn1c(=O)c2c(ncn2CCCC(=O)NCc2ccc(-n3cncn3)nc2)n(C)c1=O. The van der Waals surface area contributed by atoms with E-state index in [2.05, 4.69) is 25.4 Å². The van der Waals surface area contributed by atoms with Gasteiger partial charge in [-0.2, -0.15) is 5.10 Å². The molecule has 0 aliphatic rings. The topological polar surface area (TPSA) is 135 Å². The van der Waals surface area contributed by atoms with E-state index in [0.717, 1.165) is 10.1 Å². The number of pyridine rings is 1. The van der Waals surface area contributed by atoms with E-state index >= 15 is 0 Å². The van der Waals surface area contributed by atoms with Crippen LogP contribution in [0.15, 0.2) is 46.9 Å². The molecular weight excluding hydrogens is 402 g/mol. The number of fused-ring (bicyclic) bond motifs is 1. The summed E-state index contributed by atoms with van der Waals surface area (Å²) in [7, 11) is 3.00. The molecule has 4 aromatic heterocycles. The zero-order valence-electron chi connectivity index (χ0n) is 17.1. The van der Waals surface area contributed by atoms with Gasteiger partial charge >= 0.3 is 5.69 Å². The Balaban J connectivity index is 1.32. The Morgan fingerprint density at radius 2 is 1.94 bits per heavy atom. The third-order valence-corrected chi connectivity index (χ3v) is 4.97. The summed E-state index contributed by atoms with van der Waals surface area (Å²) < 4.78 is 5.61. The van der Waals surface area contributed by atoms with Crippen LogP contribution in [0.2, 0.25) is 0 Å². The second kappa shape index (κ2) is 8.34. The molecule has 0 atom stereocenters. The van der Waals surface area contributed by atoms with Crippen LogP contribution in [-0.2, 0) is 32.0 Å². The number of hydrogen-bond acceptors (Lipinski definition) is 7. The fraction of sp³-hybridized carbons (Fsp3) is 0.316. The highest BCUT2D eigenvalue weighted by Crippen LogP contribution is 2.08. The van der Waals surface area contributed by atoms with Crippen LogP contribution < -0.4 is 16.6 Å². The van der Waals surface area contributed by atoms with Gasteiger partial charge in [0.2, 0.25) is 5.91 Å². The fourth-order valence-corrected chi connectivity index (χ4v) is 3.25. The predicted molar refractivity (Wildman–Crippen MR) is 110 cm³/mol. The van der Waals surface area contributed by atoms with E-state index < -0.39 is 11.2 Å². The van der Waals surface area contributed by atoms with Gasteiger partial charge in [-0.25, -0.2) is 24.4 Å². The summed E-state index contributed by atoms with van der Waals surface area (Å²) >= 11 is 0. The summed E-state index contributed by atoms with van der Waals surface area (Å²) in [5.74, 6) is 0.536. The zero-order chi connectivity index (χ0) is 22.0. The van der Waals surface area contributed by atoms with Crippen molar-refractivity contribution in [2.24, 2.45) is 14.1 Å². The van der Waals surface area contributed by atoms with E-state index in [-0.39, 0.29) is 12.3 Å². The number of rotatable bonds is 7. The van der Waals surface area contributed by atoms with Crippen molar-refractivity contribution in [3.63, 3.8) is 0 Å². The Morgan fingerprint density at radius 3 is 2.65 bits per heavy atom. The van der Waals surface area contributed by atoms with Crippen molar-refractivity contribution in [3.05, 3.63) is 63.7 Å². The van der Waals surface area contributed by atoms with Crippen LogP contribution in [0.25, 0.3) is 17.0 Å². The van der Waals surface area contributed by atoms with Crippen molar-refractivity contribution in [1.82, 2.24) is 43.8 Å². The lowest BCUT2D eigenvalue weighted by Gasteiger charge is -2.08. The van der Waals surface area contributed by atoms with Crippen LogP contribution in [0.5, 0.6) is 0 Å². The first kappa shape index (κ1) is 20.2. The molecule has 160 valence electrons. The number of nitrogens with one attached hydrogen (secondary N) is 1. The molecule has 0 aromatic carbocycles. The number of amides is 1. The van der Waals surface area contributed by atoms with E-state index in [1.54, 1.807) is 34.9 Å². The average molecular weight is 423 g/mol. The molecule has 4 rings (SSSR count). The first-order valence-electron chi connectivity index (χ1n) is 9.63. The van der Waals surface area contributed by atoms with Crippen LogP contribution in [0, 0.1) is 0 Å². The van der Waals surface area contributed by atoms with Gasteiger partial charge in [0.15, 0.2) is 17.0 Å². The molecule has 1 amide bonds. The standard InChI is InChI=1S/C19H21N9O3/c1-25-17-16(18(30)26(2)19(25)31)27(12-23-17)7-3-4-15(29)22-9-13-5-6-14(21-8-13)28-11-20-10-24-28/h5-6,8,10-12H,3-4,7,9H2,1-2H3,(H,22,29). The van der Waals surface area contributed by atoms with Gasteiger partial charge < -0.3 is 9.88 Å². The Bertz CT molecular complexity index is 1330. The van der Waals surface area contributed by atoms with Gasteiger partial charge in [-0.05, 0) is 18.1 Å². The van der Waals surface area contributed by atoms with E-state index in [0.29, 0.717) is 36.5 Å². The molecule has 1 N–H and O–H groups in total. The van der Waals surface area contributed by atoms with Crippen LogP contribution in [0.4, 0.5) is 0 Å². The Hall–Kier alpha value is -4.09. The molecular formula is C19H21N9O3. The molecule has 0 saturated heterocycles. The summed E-state index contributed by atoms with van der Waals surface area (Å²) in [4.78, 5) is 49.0. The molecule has 12 heteroatoms. The second-order valence-electron chi connectivity index (χ2n) is 7.06. The van der Waals surface area contributed by atoms with Crippen LogP contribution in [0.3, 0.4) is 0 Å². The summed E-state index contributed by atoms with van der Waals surface area (Å²) in [5, 5.41) is 6.87. The van der Waals surface area contributed by atoms with E-state index in [1.807, 2.05) is 6.07 Å². The fourth-order valence-electron chi connectivity index (χ4n) is 3.25. The molecule has 0 radical (unpaired) electrons. The number of carbonyl (C=O) groups is 1.